The van der Waals surface area contributed by atoms with Gasteiger partial charge in [0.05, 0.1) is 11.9 Å². The normalized spacial score (nSPS) is 15.8. The van der Waals surface area contributed by atoms with Crippen molar-refractivity contribution in [3.63, 3.8) is 0 Å². The van der Waals surface area contributed by atoms with Crippen molar-refractivity contribution >= 4 is 27.3 Å². The molecule has 1 nitrogen and oxygen atoms in total. The molecule has 0 N–H and O–H groups in total. The van der Waals surface area contributed by atoms with Crippen molar-refractivity contribution in [3.8, 4) is 5.75 Å². The van der Waals surface area contributed by atoms with E-state index in [1.165, 1.54) is 41.7 Å². The van der Waals surface area contributed by atoms with E-state index in [1.807, 2.05) is 17.4 Å². The van der Waals surface area contributed by atoms with Crippen molar-refractivity contribution in [3.05, 3.63) is 50.7 Å². The van der Waals surface area contributed by atoms with Crippen LogP contribution in [0.25, 0.3) is 0 Å². The maximum absolute atomic E-state index is 5.29. The lowest BCUT2D eigenvalue weighted by Crippen LogP contribution is -1.96. The van der Waals surface area contributed by atoms with E-state index >= 15 is 0 Å². The third-order valence-electron chi connectivity index (χ3n) is 4.02. The Kier molecular flexibility index (Phi) is 4.18. The van der Waals surface area contributed by atoms with E-state index in [9.17, 15) is 0 Å². The lowest BCUT2D eigenvalue weighted by atomic mass is 9.98. The Morgan fingerprint density at radius 3 is 2.70 bits per heavy atom. The second-order valence-corrected chi connectivity index (χ2v) is 7.47. The van der Waals surface area contributed by atoms with Gasteiger partial charge in [0.2, 0.25) is 0 Å². The monoisotopic (exact) mass is 350 g/mol. The summed E-state index contributed by atoms with van der Waals surface area (Å²) < 4.78 is 5.29. The van der Waals surface area contributed by atoms with E-state index in [0.717, 1.165) is 5.75 Å². The number of rotatable bonds is 3. The van der Waals surface area contributed by atoms with Crippen molar-refractivity contribution in [2.75, 3.05) is 7.11 Å². The summed E-state index contributed by atoms with van der Waals surface area (Å²) in [6.45, 7) is 2.15. The van der Waals surface area contributed by atoms with Crippen molar-refractivity contribution in [1.29, 1.82) is 0 Å². The van der Waals surface area contributed by atoms with Crippen LogP contribution in [-0.2, 0) is 12.8 Å². The van der Waals surface area contributed by atoms with Gasteiger partial charge in [-0.05, 0) is 67.5 Å². The predicted molar refractivity (Wildman–Crippen MR) is 89.5 cm³/mol. The first-order valence-electron chi connectivity index (χ1n) is 7.09. The standard InChI is InChI=1S/C17H19BrOS/c1-11-9-13(19-2)7-8-14(11)17(18)16-10-12-5-3-4-6-15(12)20-16/h7-10,17H,3-6H2,1-2H3. The number of hydrogen-bond donors (Lipinski definition) is 0. The highest BCUT2D eigenvalue weighted by Gasteiger charge is 2.19. The van der Waals surface area contributed by atoms with E-state index in [-0.39, 0.29) is 0 Å². The third kappa shape index (κ3) is 2.66. The van der Waals surface area contributed by atoms with Gasteiger partial charge in [0.1, 0.15) is 5.75 Å². The predicted octanol–water partition coefficient (Wildman–Crippen LogP) is 5.43. The van der Waals surface area contributed by atoms with Gasteiger partial charge < -0.3 is 4.74 Å². The molecule has 0 saturated heterocycles. The number of thiophene rings is 1. The average Bonchev–Trinajstić information content (AvgIpc) is 2.90. The van der Waals surface area contributed by atoms with Crippen LogP contribution in [0, 0.1) is 6.92 Å². The van der Waals surface area contributed by atoms with Crippen LogP contribution in [0.2, 0.25) is 0 Å². The number of hydrogen-bond acceptors (Lipinski definition) is 2. The zero-order valence-corrected chi connectivity index (χ0v) is 14.3. The number of benzene rings is 1. The Balaban J connectivity index is 1.92. The van der Waals surface area contributed by atoms with Crippen molar-refractivity contribution in [1.82, 2.24) is 0 Å². The molecule has 1 atom stereocenters. The van der Waals surface area contributed by atoms with Crippen LogP contribution < -0.4 is 4.74 Å². The molecular formula is C17H19BrOS. The fraction of sp³-hybridized carbons (Fsp3) is 0.412. The Morgan fingerprint density at radius 2 is 2.00 bits per heavy atom. The van der Waals surface area contributed by atoms with Crippen LogP contribution in [0.3, 0.4) is 0 Å². The second kappa shape index (κ2) is 5.90. The highest BCUT2D eigenvalue weighted by Crippen LogP contribution is 2.41. The minimum absolute atomic E-state index is 0.295. The molecule has 1 heterocycles. The molecule has 0 spiro atoms. The van der Waals surface area contributed by atoms with Crippen LogP contribution in [-0.4, -0.2) is 7.11 Å². The lowest BCUT2D eigenvalue weighted by molar-refractivity contribution is 0.414. The topological polar surface area (TPSA) is 9.23 Å². The molecule has 2 aromatic rings. The molecular weight excluding hydrogens is 332 g/mol. The second-order valence-electron chi connectivity index (χ2n) is 5.39. The summed E-state index contributed by atoms with van der Waals surface area (Å²) in [5.74, 6) is 0.927. The number of alkyl halides is 1. The molecule has 0 bridgehead atoms. The zero-order valence-electron chi connectivity index (χ0n) is 11.9. The molecule has 20 heavy (non-hydrogen) atoms. The SMILES string of the molecule is COc1ccc(C(Br)c2cc3c(s2)CCCC3)c(C)c1. The minimum Gasteiger partial charge on any atom is -0.497 e. The Bertz CT molecular complexity index is 594. The highest BCUT2D eigenvalue weighted by molar-refractivity contribution is 9.09. The van der Waals surface area contributed by atoms with Gasteiger partial charge in [-0.1, -0.05) is 22.0 Å². The van der Waals surface area contributed by atoms with E-state index in [0.29, 0.717) is 4.83 Å². The van der Waals surface area contributed by atoms with Crippen molar-refractivity contribution in [2.24, 2.45) is 0 Å². The fourth-order valence-corrected chi connectivity index (χ4v) is 5.03. The van der Waals surface area contributed by atoms with Gasteiger partial charge in [0.15, 0.2) is 0 Å². The molecule has 0 amide bonds. The molecule has 3 rings (SSSR count). The maximum Gasteiger partial charge on any atom is 0.119 e. The summed E-state index contributed by atoms with van der Waals surface area (Å²) in [6.07, 6.45) is 5.22. The smallest absolute Gasteiger partial charge is 0.119 e. The quantitative estimate of drug-likeness (QED) is 0.670. The average molecular weight is 351 g/mol. The Hall–Kier alpha value is -0.800. The van der Waals surface area contributed by atoms with Crippen LogP contribution in [0.5, 0.6) is 5.75 Å². The molecule has 0 saturated carbocycles. The summed E-state index contributed by atoms with van der Waals surface area (Å²) in [6, 6.07) is 8.73. The van der Waals surface area contributed by atoms with Crippen LogP contribution in [0.4, 0.5) is 0 Å². The van der Waals surface area contributed by atoms with Gasteiger partial charge in [-0.25, -0.2) is 0 Å². The van der Waals surface area contributed by atoms with E-state index in [2.05, 4.69) is 41.1 Å². The number of methoxy groups -OCH3 is 1. The van der Waals surface area contributed by atoms with Crippen molar-refractivity contribution < 1.29 is 4.74 Å². The number of fused-ring (bicyclic) bond motifs is 1. The largest absolute Gasteiger partial charge is 0.497 e. The first-order chi connectivity index (χ1) is 9.69. The van der Waals surface area contributed by atoms with Crippen LogP contribution >= 0.6 is 27.3 Å². The minimum atomic E-state index is 0.295. The lowest BCUT2D eigenvalue weighted by Gasteiger charge is -2.12. The summed E-state index contributed by atoms with van der Waals surface area (Å²) in [5.41, 5.74) is 4.19. The molecule has 1 aromatic carbocycles. The summed E-state index contributed by atoms with van der Waals surface area (Å²) >= 11 is 5.87. The summed E-state index contributed by atoms with van der Waals surface area (Å²) in [7, 11) is 1.72. The van der Waals surface area contributed by atoms with Gasteiger partial charge in [-0.15, -0.1) is 11.3 Å². The molecule has 1 unspecified atom stereocenters. The molecule has 1 aliphatic carbocycles. The Labute approximate surface area is 133 Å². The summed E-state index contributed by atoms with van der Waals surface area (Å²) in [4.78, 5) is 3.33. The molecule has 0 aliphatic heterocycles. The maximum atomic E-state index is 5.29. The Morgan fingerprint density at radius 1 is 1.20 bits per heavy atom. The third-order valence-corrected chi connectivity index (χ3v) is 6.61. The first-order valence-corrected chi connectivity index (χ1v) is 8.82. The van der Waals surface area contributed by atoms with Gasteiger partial charge in [0, 0.05) is 9.75 Å². The molecule has 1 aliphatic rings. The summed E-state index contributed by atoms with van der Waals surface area (Å²) in [5, 5.41) is 0. The van der Waals surface area contributed by atoms with Crippen LogP contribution in [0.15, 0.2) is 24.3 Å². The fourth-order valence-electron chi connectivity index (χ4n) is 2.85. The van der Waals surface area contributed by atoms with Crippen molar-refractivity contribution in [2.45, 2.75) is 37.4 Å². The van der Waals surface area contributed by atoms with E-state index in [1.54, 1.807) is 17.6 Å². The number of ether oxygens (including phenoxy) is 1. The highest BCUT2D eigenvalue weighted by atomic mass is 79.9. The first kappa shape index (κ1) is 14.2. The van der Waals surface area contributed by atoms with Gasteiger partial charge in [0.25, 0.3) is 0 Å². The number of aryl methyl sites for hydroxylation is 3. The van der Waals surface area contributed by atoms with E-state index in [4.69, 9.17) is 4.74 Å². The molecule has 3 heteroatoms. The van der Waals surface area contributed by atoms with Crippen LogP contribution in [0.1, 0.15) is 44.1 Å². The van der Waals surface area contributed by atoms with Gasteiger partial charge in [-0.2, -0.15) is 0 Å². The van der Waals surface area contributed by atoms with E-state index < -0.39 is 0 Å². The molecule has 1 aromatic heterocycles. The van der Waals surface area contributed by atoms with Gasteiger partial charge in [-0.3, -0.25) is 0 Å². The molecule has 0 radical (unpaired) electrons. The zero-order chi connectivity index (χ0) is 14.1. The van der Waals surface area contributed by atoms with Gasteiger partial charge >= 0.3 is 0 Å². The number of halogens is 1. The molecule has 106 valence electrons. The molecule has 0 fully saturated rings.